The summed E-state index contributed by atoms with van der Waals surface area (Å²) in [5.41, 5.74) is -0.231. The molecular formula is C15H14O3. The first-order valence-corrected chi connectivity index (χ1v) is 5.73. The number of carbonyl (C=O) groups is 2. The van der Waals surface area contributed by atoms with E-state index in [1.165, 1.54) is 0 Å². The Hall–Kier alpha value is -2.16. The van der Waals surface area contributed by atoms with E-state index in [1.54, 1.807) is 6.92 Å². The minimum Gasteiger partial charge on any atom is -0.481 e. The first-order valence-electron chi connectivity index (χ1n) is 5.73. The van der Waals surface area contributed by atoms with Crippen molar-refractivity contribution in [1.82, 2.24) is 0 Å². The lowest BCUT2D eigenvalue weighted by Gasteiger charge is -2.23. The molecule has 0 heterocycles. The van der Waals surface area contributed by atoms with Crippen LogP contribution in [0.15, 0.2) is 42.5 Å². The predicted octanol–water partition coefficient (Wildman–Crippen LogP) is 2.77. The number of carboxylic acid groups (broad SMARTS) is 1. The third kappa shape index (κ3) is 2.12. The average molecular weight is 242 g/mol. The SMILES string of the molecule is CC(C=O)(CC(=O)O)c1cccc2ccccc12. The zero-order valence-corrected chi connectivity index (χ0v) is 10.1. The second kappa shape index (κ2) is 4.61. The highest BCUT2D eigenvalue weighted by Crippen LogP contribution is 2.31. The Kier molecular flexibility index (Phi) is 3.15. The number of rotatable bonds is 4. The Morgan fingerprint density at radius 3 is 2.56 bits per heavy atom. The summed E-state index contributed by atoms with van der Waals surface area (Å²) in [5, 5.41) is 10.9. The molecule has 18 heavy (non-hydrogen) atoms. The number of carboxylic acids is 1. The molecule has 0 saturated carbocycles. The van der Waals surface area contributed by atoms with Crippen molar-refractivity contribution in [3.8, 4) is 0 Å². The molecule has 0 aliphatic rings. The summed E-state index contributed by atoms with van der Waals surface area (Å²) in [6.07, 6.45) is 0.521. The van der Waals surface area contributed by atoms with Crippen LogP contribution in [0.5, 0.6) is 0 Å². The third-order valence-electron chi connectivity index (χ3n) is 3.18. The van der Waals surface area contributed by atoms with Gasteiger partial charge in [-0.15, -0.1) is 0 Å². The van der Waals surface area contributed by atoms with Crippen molar-refractivity contribution in [3.63, 3.8) is 0 Å². The van der Waals surface area contributed by atoms with Gasteiger partial charge in [-0.1, -0.05) is 42.5 Å². The molecule has 0 aliphatic heterocycles. The fraction of sp³-hybridized carbons (Fsp3) is 0.200. The predicted molar refractivity (Wildman–Crippen MR) is 69.6 cm³/mol. The molecule has 0 aromatic heterocycles. The highest BCUT2D eigenvalue weighted by molar-refractivity contribution is 5.91. The summed E-state index contributed by atoms with van der Waals surface area (Å²) in [6.45, 7) is 1.66. The van der Waals surface area contributed by atoms with Gasteiger partial charge in [-0.2, -0.15) is 0 Å². The van der Waals surface area contributed by atoms with Crippen LogP contribution in [-0.4, -0.2) is 17.4 Å². The van der Waals surface area contributed by atoms with E-state index in [1.807, 2.05) is 42.5 Å². The van der Waals surface area contributed by atoms with Gasteiger partial charge in [0.15, 0.2) is 0 Å². The molecule has 0 aliphatic carbocycles. The highest BCUT2D eigenvalue weighted by Gasteiger charge is 2.30. The second-order valence-electron chi connectivity index (χ2n) is 4.63. The zero-order valence-electron chi connectivity index (χ0n) is 10.1. The topological polar surface area (TPSA) is 54.4 Å². The molecule has 2 aromatic rings. The second-order valence-corrected chi connectivity index (χ2v) is 4.63. The summed E-state index contributed by atoms with van der Waals surface area (Å²) in [7, 11) is 0. The Morgan fingerprint density at radius 1 is 1.22 bits per heavy atom. The normalized spacial score (nSPS) is 14.1. The van der Waals surface area contributed by atoms with Gasteiger partial charge in [0.2, 0.25) is 0 Å². The van der Waals surface area contributed by atoms with E-state index in [2.05, 4.69) is 0 Å². The first kappa shape index (κ1) is 12.3. The van der Waals surface area contributed by atoms with Crippen LogP contribution in [0.4, 0.5) is 0 Å². The average Bonchev–Trinajstić information content (AvgIpc) is 2.37. The van der Waals surface area contributed by atoms with Crippen LogP contribution in [0, 0.1) is 0 Å². The summed E-state index contributed by atoms with van der Waals surface area (Å²) in [6, 6.07) is 13.3. The van der Waals surface area contributed by atoms with E-state index in [9.17, 15) is 9.59 Å². The van der Waals surface area contributed by atoms with Crippen molar-refractivity contribution in [2.24, 2.45) is 0 Å². The van der Waals surface area contributed by atoms with Gasteiger partial charge in [-0.25, -0.2) is 0 Å². The summed E-state index contributed by atoms with van der Waals surface area (Å²) < 4.78 is 0. The smallest absolute Gasteiger partial charge is 0.304 e. The highest BCUT2D eigenvalue weighted by atomic mass is 16.4. The molecule has 92 valence electrons. The summed E-state index contributed by atoms with van der Waals surface area (Å²) >= 11 is 0. The molecule has 3 heteroatoms. The third-order valence-corrected chi connectivity index (χ3v) is 3.18. The van der Waals surface area contributed by atoms with E-state index < -0.39 is 11.4 Å². The maximum absolute atomic E-state index is 11.3. The number of carbonyl (C=O) groups excluding carboxylic acids is 1. The molecular weight excluding hydrogens is 228 g/mol. The monoisotopic (exact) mass is 242 g/mol. The maximum Gasteiger partial charge on any atom is 0.304 e. The molecule has 0 amide bonds. The molecule has 2 rings (SSSR count). The fourth-order valence-corrected chi connectivity index (χ4v) is 2.24. The zero-order chi connectivity index (χ0) is 13.2. The van der Waals surface area contributed by atoms with Crippen molar-refractivity contribution in [1.29, 1.82) is 0 Å². The van der Waals surface area contributed by atoms with E-state index in [4.69, 9.17) is 5.11 Å². The summed E-state index contributed by atoms with van der Waals surface area (Å²) in [4.78, 5) is 22.3. The molecule has 2 aromatic carbocycles. The van der Waals surface area contributed by atoms with Crippen molar-refractivity contribution in [3.05, 3.63) is 48.0 Å². The van der Waals surface area contributed by atoms with Crippen molar-refractivity contribution >= 4 is 23.0 Å². The van der Waals surface area contributed by atoms with Gasteiger partial charge in [0.25, 0.3) is 0 Å². The first-order chi connectivity index (χ1) is 8.57. The van der Waals surface area contributed by atoms with Gasteiger partial charge in [0, 0.05) is 0 Å². The number of hydrogen-bond acceptors (Lipinski definition) is 2. The molecule has 1 unspecified atom stereocenters. The maximum atomic E-state index is 11.3. The number of aliphatic carboxylic acids is 1. The largest absolute Gasteiger partial charge is 0.481 e. The van der Waals surface area contributed by atoms with Gasteiger partial charge in [0.1, 0.15) is 6.29 Å². The Morgan fingerprint density at radius 2 is 1.89 bits per heavy atom. The standard InChI is InChI=1S/C15H14O3/c1-15(10-16,9-14(17)18)13-8-4-6-11-5-2-3-7-12(11)13/h2-8,10H,9H2,1H3,(H,17,18). The van der Waals surface area contributed by atoms with Gasteiger partial charge >= 0.3 is 5.97 Å². The quantitative estimate of drug-likeness (QED) is 0.839. The summed E-state index contributed by atoms with van der Waals surface area (Å²) in [5.74, 6) is -0.975. The molecule has 0 bridgehead atoms. The van der Waals surface area contributed by atoms with Crippen molar-refractivity contribution < 1.29 is 14.7 Å². The van der Waals surface area contributed by atoms with Crippen LogP contribution in [-0.2, 0) is 15.0 Å². The van der Waals surface area contributed by atoms with Gasteiger partial charge in [0.05, 0.1) is 11.8 Å². The van der Waals surface area contributed by atoms with Gasteiger partial charge in [-0.3, -0.25) is 4.79 Å². The van der Waals surface area contributed by atoms with Gasteiger partial charge < -0.3 is 9.90 Å². The van der Waals surface area contributed by atoms with Crippen LogP contribution < -0.4 is 0 Å². The molecule has 3 nitrogen and oxygen atoms in total. The van der Waals surface area contributed by atoms with Crippen LogP contribution in [0.3, 0.4) is 0 Å². The van der Waals surface area contributed by atoms with Gasteiger partial charge in [-0.05, 0) is 23.3 Å². The fourth-order valence-electron chi connectivity index (χ4n) is 2.24. The number of hydrogen-bond donors (Lipinski definition) is 1. The van der Waals surface area contributed by atoms with E-state index in [0.717, 1.165) is 22.6 Å². The minimum absolute atomic E-state index is 0.204. The minimum atomic E-state index is -0.993. The van der Waals surface area contributed by atoms with Crippen LogP contribution >= 0.6 is 0 Å². The lowest BCUT2D eigenvalue weighted by atomic mass is 9.78. The lowest BCUT2D eigenvalue weighted by molar-refractivity contribution is -0.139. The van der Waals surface area contributed by atoms with Crippen LogP contribution in [0.2, 0.25) is 0 Å². The molecule has 0 saturated heterocycles. The lowest BCUT2D eigenvalue weighted by Crippen LogP contribution is -2.27. The van der Waals surface area contributed by atoms with Crippen molar-refractivity contribution in [2.75, 3.05) is 0 Å². The molecule has 1 atom stereocenters. The molecule has 0 spiro atoms. The number of aldehydes is 1. The Balaban J connectivity index is 2.65. The van der Waals surface area contributed by atoms with E-state index >= 15 is 0 Å². The Labute approximate surface area is 105 Å². The number of fused-ring (bicyclic) bond motifs is 1. The molecule has 0 fully saturated rings. The molecule has 0 radical (unpaired) electrons. The molecule has 1 N–H and O–H groups in total. The van der Waals surface area contributed by atoms with Crippen LogP contribution in [0.25, 0.3) is 10.8 Å². The Bertz CT molecular complexity index is 598. The van der Waals surface area contributed by atoms with Crippen LogP contribution in [0.1, 0.15) is 18.9 Å². The van der Waals surface area contributed by atoms with E-state index in [-0.39, 0.29) is 6.42 Å². The van der Waals surface area contributed by atoms with Crippen molar-refractivity contribution in [2.45, 2.75) is 18.8 Å². The number of benzene rings is 2. The van der Waals surface area contributed by atoms with E-state index in [0.29, 0.717) is 0 Å².